The third-order valence-electron chi connectivity index (χ3n) is 9.94. The van der Waals surface area contributed by atoms with Gasteiger partial charge in [-0.3, -0.25) is 19.4 Å². The number of aromatic carboxylic acids is 1. The van der Waals surface area contributed by atoms with E-state index in [1.165, 1.54) is 30.2 Å². The van der Waals surface area contributed by atoms with E-state index in [4.69, 9.17) is 4.74 Å². The molecule has 1 saturated carbocycles. The molecule has 3 aliphatic heterocycles. The first-order valence-electron chi connectivity index (χ1n) is 16.4. The van der Waals surface area contributed by atoms with Gasteiger partial charge in [-0.2, -0.15) is 0 Å². The van der Waals surface area contributed by atoms with Crippen LogP contribution in [0.25, 0.3) is 10.9 Å². The standard InChI is InChI=1S/C34H38F2N6O6/c1-20(43)37-17-24-18-42(34(47)48-24)23-4-5-29(27(35)14-23)40-12-10-38(11-13-40)21-6-8-39(9-7-21)31-16-30-25(15-28(31)36)32(44)26(33(45)46)19-41(30)22-2-3-22/h4-5,14-16,19,21-22,24H,2-3,6-13,17-18H2,1H3,(H,37,43)(H,45,46). The second-order valence-corrected chi connectivity index (χ2v) is 13.1. The molecule has 7 rings (SSSR count). The van der Waals surface area contributed by atoms with Crippen molar-refractivity contribution in [3.63, 3.8) is 0 Å². The lowest BCUT2D eigenvalue weighted by Gasteiger charge is -2.44. The lowest BCUT2D eigenvalue weighted by Crippen LogP contribution is -2.53. The van der Waals surface area contributed by atoms with Crippen LogP contribution in [-0.2, 0) is 9.53 Å². The number of carbonyl (C=O) groups is 3. The van der Waals surface area contributed by atoms with E-state index in [-0.39, 0.29) is 36.0 Å². The van der Waals surface area contributed by atoms with Gasteiger partial charge >= 0.3 is 12.1 Å². The van der Waals surface area contributed by atoms with Crippen molar-refractivity contribution in [1.29, 1.82) is 0 Å². The molecular weight excluding hydrogens is 626 g/mol. The van der Waals surface area contributed by atoms with Crippen LogP contribution in [0.4, 0.5) is 30.6 Å². The molecule has 0 radical (unpaired) electrons. The van der Waals surface area contributed by atoms with Crippen molar-refractivity contribution in [3.8, 4) is 0 Å². The zero-order chi connectivity index (χ0) is 33.7. The Kier molecular flexibility index (Phi) is 8.44. The van der Waals surface area contributed by atoms with Gasteiger partial charge in [0.05, 0.1) is 35.7 Å². The third kappa shape index (κ3) is 6.16. The highest BCUT2D eigenvalue weighted by Crippen LogP contribution is 2.38. The average molecular weight is 665 g/mol. The number of nitrogens with zero attached hydrogens (tertiary/aromatic N) is 5. The molecule has 4 heterocycles. The molecule has 0 spiro atoms. The molecule has 3 saturated heterocycles. The van der Waals surface area contributed by atoms with Gasteiger partial charge in [-0.25, -0.2) is 18.4 Å². The summed E-state index contributed by atoms with van der Waals surface area (Å²) in [6.45, 7) is 5.84. The van der Waals surface area contributed by atoms with E-state index in [1.54, 1.807) is 18.2 Å². The highest BCUT2D eigenvalue weighted by atomic mass is 19.1. The van der Waals surface area contributed by atoms with Crippen molar-refractivity contribution in [2.75, 3.05) is 67.1 Å². The Morgan fingerprint density at radius 3 is 2.23 bits per heavy atom. The molecule has 12 nitrogen and oxygen atoms in total. The number of anilines is 3. The maximum Gasteiger partial charge on any atom is 0.414 e. The summed E-state index contributed by atoms with van der Waals surface area (Å²) in [5, 5.41) is 12.2. The van der Waals surface area contributed by atoms with Crippen LogP contribution in [0, 0.1) is 11.6 Å². The Balaban J connectivity index is 0.963. The fourth-order valence-electron chi connectivity index (χ4n) is 7.22. The summed E-state index contributed by atoms with van der Waals surface area (Å²) in [5.41, 5.74) is 0.854. The molecule has 0 bridgehead atoms. The fourth-order valence-corrected chi connectivity index (χ4v) is 7.22. The Morgan fingerprint density at radius 2 is 1.58 bits per heavy atom. The minimum atomic E-state index is -1.31. The van der Waals surface area contributed by atoms with Gasteiger partial charge in [-0.15, -0.1) is 0 Å². The van der Waals surface area contributed by atoms with E-state index in [1.807, 2.05) is 14.4 Å². The van der Waals surface area contributed by atoms with E-state index in [0.717, 1.165) is 38.8 Å². The summed E-state index contributed by atoms with van der Waals surface area (Å²) < 4.78 is 37.9. The van der Waals surface area contributed by atoms with E-state index in [2.05, 4.69) is 10.2 Å². The van der Waals surface area contributed by atoms with Crippen LogP contribution >= 0.6 is 0 Å². The highest BCUT2D eigenvalue weighted by Gasteiger charge is 2.34. The quantitative estimate of drug-likeness (QED) is 0.372. The van der Waals surface area contributed by atoms with Gasteiger partial charge in [-0.05, 0) is 56.0 Å². The molecule has 2 amide bonds. The number of rotatable bonds is 8. The lowest BCUT2D eigenvalue weighted by molar-refractivity contribution is -0.119. The third-order valence-corrected chi connectivity index (χ3v) is 9.94. The SMILES string of the molecule is CC(=O)NCC1CN(c2ccc(N3CCN(C4CCN(c5cc6c(cc5F)c(=O)c(C(=O)O)cn6C5CC5)CC4)CC3)c(F)c2)C(=O)O1. The molecule has 14 heteroatoms. The maximum atomic E-state index is 15.4. The predicted molar refractivity (Wildman–Crippen MR) is 175 cm³/mol. The van der Waals surface area contributed by atoms with Crippen molar-refractivity contribution in [2.24, 2.45) is 0 Å². The summed E-state index contributed by atoms with van der Waals surface area (Å²) in [6, 6.07) is 8.05. The summed E-state index contributed by atoms with van der Waals surface area (Å²) in [4.78, 5) is 55.9. The van der Waals surface area contributed by atoms with Crippen LogP contribution in [0.15, 0.2) is 41.3 Å². The molecule has 3 aromatic rings. The number of piperazine rings is 1. The van der Waals surface area contributed by atoms with Crippen LogP contribution < -0.4 is 25.4 Å². The Hall–Kier alpha value is -4.72. The van der Waals surface area contributed by atoms with E-state index in [0.29, 0.717) is 54.8 Å². The predicted octanol–water partition coefficient (Wildman–Crippen LogP) is 3.57. The van der Waals surface area contributed by atoms with Gasteiger partial charge in [0.2, 0.25) is 11.3 Å². The second-order valence-electron chi connectivity index (χ2n) is 13.1. The summed E-state index contributed by atoms with van der Waals surface area (Å²) >= 11 is 0. The van der Waals surface area contributed by atoms with E-state index >= 15 is 8.78 Å². The molecule has 48 heavy (non-hydrogen) atoms. The van der Waals surface area contributed by atoms with Crippen molar-refractivity contribution < 1.29 is 33.0 Å². The fraction of sp³-hybridized carbons (Fsp3) is 0.471. The number of hydrogen-bond acceptors (Lipinski definition) is 8. The number of aromatic nitrogens is 1. The van der Waals surface area contributed by atoms with Crippen LogP contribution in [0.1, 0.15) is 49.0 Å². The number of nitrogens with one attached hydrogen (secondary N) is 1. The molecule has 2 aromatic carbocycles. The zero-order valence-corrected chi connectivity index (χ0v) is 26.7. The highest BCUT2D eigenvalue weighted by molar-refractivity contribution is 5.94. The molecule has 1 unspecified atom stereocenters. The monoisotopic (exact) mass is 664 g/mol. The Labute approximate surface area is 275 Å². The number of halogens is 2. The van der Waals surface area contributed by atoms with Gasteiger partial charge in [0.15, 0.2) is 0 Å². The van der Waals surface area contributed by atoms with Crippen LogP contribution in [0.2, 0.25) is 0 Å². The molecule has 2 N–H and O–H groups in total. The molecule has 4 aliphatic rings. The van der Waals surface area contributed by atoms with Gasteiger partial charge < -0.3 is 29.5 Å². The molecular formula is C34H38F2N6O6. The molecule has 1 aliphatic carbocycles. The van der Waals surface area contributed by atoms with Gasteiger partial charge in [0, 0.05) is 69.9 Å². The number of fused-ring (bicyclic) bond motifs is 1. The number of cyclic esters (lactones) is 1. The van der Waals surface area contributed by atoms with Crippen molar-refractivity contribution in [2.45, 2.75) is 50.8 Å². The molecule has 254 valence electrons. The van der Waals surface area contributed by atoms with Crippen molar-refractivity contribution in [1.82, 2.24) is 14.8 Å². The minimum Gasteiger partial charge on any atom is -0.477 e. The summed E-state index contributed by atoms with van der Waals surface area (Å²) in [5.74, 6) is -2.48. The largest absolute Gasteiger partial charge is 0.477 e. The maximum absolute atomic E-state index is 15.4. The number of amides is 2. The van der Waals surface area contributed by atoms with E-state index < -0.39 is 35.2 Å². The number of carboxylic acid groups (broad SMARTS) is 1. The smallest absolute Gasteiger partial charge is 0.414 e. The molecule has 4 fully saturated rings. The number of hydrogen-bond donors (Lipinski definition) is 2. The topological polar surface area (TPSA) is 128 Å². The lowest BCUT2D eigenvalue weighted by atomic mass is 10.0. The van der Waals surface area contributed by atoms with Crippen molar-refractivity contribution >= 4 is 45.9 Å². The van der Waals surface area contributed by atoms with Gasteiger partial charge in [0.1, 0.15) is 23.3 Å². The van der Waals surface area contributed by atoms with Crippen LogP contribution in [-0.4, -0.2) is 97.0 Å². The first kappa shape index (κ1) is 31.9. The number of carboxylic acids is 1. The average Bonchev–Trinajstić information content (AvgIpc) is 3.85. The van der Waals surface area contributed by atoms with Gasteiger partial charge in [-0.1, -0.05) is 0 Å². The van der Waals surface area contributed by atoms with Crippen molar-refractivity contribution in [3.05, 3.63) is 63.9 Å². The number of carbonyl (C=O) groups excluding carboxylic acids is 2. The zero-order valence-electron chi connectivity index (χ0n) is 26.7. The normalized spacial score (nSPS) is 20.8. The number of pyridine rings is 1. The first-order valence-corrected chi connectivity index (χ1v) is 16.4. The summed E-state index contributed by atoms with van der Waals surface area (Å²) in [7, 11) is 0. The Bertz CT molecular complexity index is 1830. The van der Waals surface area contributed by atoms with E-state index in [9.17, 15) is 24.3 Å². The molecule has 1 atom stereocenters. The number of ether oxygens (including phenoxy) is 1. The number of piperidine rings is 1. The second kappa shape index (κ2) is 12.7. The van der Waals surface area contributed by atoms with Gasteiger partial charge in [0.25, 0.3) is 0 Å². The Morgan fingerprint density at radius 1 is 0.896 bits per heavy atom. The van der Waals surface area contributed by atoms with Crippen LogP contribution in [0.5, 0.6) is 0 Å². The summed E-state index contributed by atoms with van der Waals surface area (Å²) in [6.07, 6.45) is 3.74. The first-order chi connectivity index (χ1) is 23.1. The van der Waals surface area contributed by atoms with Crippen LogP contribution in [0.3, 0.4) is 0 Å². The molecule has 1 aromatic heterocycles. The minimum absolute atomic E-state index is 0.0905. The number of benzene rings is 2.